The Hall–Kier alpha value is -1.08. The lowest BCUT2D eigenvalue weighted by atomic mass is 9.82. The van der Waals surface area contributed by atoms with Crippen molar-refractivity contribution >= 4 is 0 Å². The SMILES string of the molecule is CCC1CC=CC(O)C(c2ccccc2)CC1. The summed E-state index contributed by atoms with van der Waals surface area (Å²) in [5.74, 6) is 1.05. The minimum absolute atomic E-state index is 0.266. The van der Waals surface area contributed by atoms with Crippen molar-refractivity contribution in [1.29, 1.82) is 0 Å². The van der Waals surface area contributed by atoms with Gasteiger partial charge in [0.25, 0.3) is 0 Å². The van der Waals surface area contributed by atoms with Gasteiger partial charge in [-0.1, -0.05) is 55.8 Å². The molecule has 0 bridgehead atoms. The minimum Gasteiger partial charge on any atom is -0.388 e. The summed E-state index contributed by atoms with van der Waals surface area (Å²) in [5, 5.41) is 10.2. The van der Waals surface area contributed by atoms with Crippen LogP contribution in [0.25, 0.3) is 0 Å². The van der Waals surface area contributed by atoms with Crippen LogP contribution in [0.4, 0.5) is 0 Å². The Bertz CT molecular complexity index is 355. The fourth-order valence-electron chi connectivity index (χ4n) is 2.68. The molecule has 1 aliphatic rings. The number of allylic oxidation sites excluding steroid dienone is 1. The molecule has 1 heteroatoms. The van der Waals surface area contributed by atoms with Crippen LogP contribution in [0.15, 0.2) is 42.5 Å². The highest BCUT2D eigenvalue weighted by Gasteiger charge is 2.21. The van der Waals surface area contributed by atoms with E-state index >= 15 is 0 Å². The van der Waals surface area contributed by atoms with Crippen molar-refractivity contribution in [2.24, 2.45) is 5.92 Å². The molecule has 0 saturated carbocycles. The molecule has 0 aliphatic heterocycles. The van der Waals surface area contributed by atoms with E-state index in [9.17, 15) is 5.11 Å². The van der Waals surface area contributed by atoms with Gasteiger partial charge in [0.15, 0.2) is 0 Å². The van der Waals surface area contributed by atoms with Crippen molar-refractivity contribution in [3.05, 3.63) is 48.0 Å². The van der Waals surface area contributed by atoms with Crippen molar-refractivity contribution in [2.75, 3.05) is 0 Å². The third kappa shape index (κ3) is 3.19. The molecule has 0 heterocycles. The van der Waals surface area contributed by atoms with E-state index in [0.29, 0.717) is 0 Å². The first-order valence-corrected chi connectivity index (χ1v) is 6.71. The number of benzene rings is 1. The van der Waals surface area contributed by atoms with E-state index in [0.717, 1.165) is 18.8 Å². The minimum atomic E-state index is -0.324. The van der Waals surface area contributed by atoms with Crippen molar-refractivity contribution < 1.29 is 5.11 Å². The second-order valence-corrected chi connectivity index (χ2v) is 5.02. The van der Waals surface area contributed by atoms with Crippen LogP contribution in [0.2, 0.25) is 0 Å². The molecule has 3 unspecified atom stereocenters. The molecular formula is C16H22O. The predicted octanol–water partition coefficient (Wildman–Crippen LogP) is 3.90. The van der Waals surface area contributed by atoms with E-state index in [1.54, 1.807) is 0 Å². The van der Waals surface area contributed by atoms with E-state index in [-0.39, 0.29) is 12.0 Å². The van der Waals surface area contributed by atoms with Gasteiger partial charge in [-0.05, 0) is 30.7 Å². The van der Waals surface area contributed by atoms with Crippen LogP contribution in [0.3, 0.4) is 0 Å². The fraction of sp³-hybridized carbons (Fsp3) is 0.500. The third-order valence-electron chi connectivity index (χ3n) is 3.91. The molecule has 2 rings (SSSR count). The van der Waals surface area contributed by atoms with Crippen molar-refractivity contribution in [3.63, 3.8) is 0 Å². The zero-order valence-corrected chi connectivity index (χ0v) is 10.5. The molecule has 0 radical (unpaired) electrons. The number of aliphatic hydroxyl groups excluding tert-OH is 1. The highest BCUT2D eigenvalue weighted by molar-refractivity contribution is 5.22. The van der Waals surface area contributed by atoms with Gasteiger partial charge >= 0.3 is 0 Å². The quantitative estimate of drug-likeness (QED) is 0.764. The van der Waals surface area contributed by atoms with E-state index in [1.807, 2.05) is 12.1 Å². The highest BCUT2D eigenvalue weighted by atomic mass is 16.3. The van der Waals surface area contributed by atoms with E-state index < -0.39 is 0 Å². The summed E-state index contributed by atoms with van der Waals surface area (Å²) in [6.45, 7) is 2.26. The van der Waals surface area contributed by atoms with Gasteiger partial charge in [-0.25, -0.2) is 0 Å². The van der Waals surface area contributed by atoms with Crippen molar-refractivity contribution in [3.8, 4) is 0 Å². The second kappa shape index (κ2) is 6.02. The van der Waals surface area contributed by atoms with Gasteiger partial charge in [-0.3, -0.25) is 0 Å². The second-order valence-electron chi connectivity index (χ2n) is 5.02. The molecule has 1 N–H and O–H groups in total. The lowest BCUT2D eigenvalue weighted by Gasteiger charge is -2.25. The summed E-state index contributed by atoms with van der Waals surface area (Å²) in [6.07, 6.45) is 8.49. The molecule has 1 nitrogen and oxygen atoms in total. The maximum absolute atomic E-state index is 10.2. The average Bonchev–Trinajstić information content (AvgIpc) is 2.35. The molecule has 3 atom stereocenters. The van der Waals surface area contributed by atoms with Crippen LogP contribution in [0, 0.1) is 5.92 Å². The fourth-order valence-corrected chi connectivity index (χ4v) is 2.68. The Kier molecular flexibility index (Phi) is 4.38. The summed E-state index contributed by atoms with van der Waals surface area (Å²) in [5.41, 5.74) is 1.27. The first-order valence-electron chi connectivity index (χ1n) is 6.71. The summed E-state index contributed by atoms with van der Waals surface area (Å²) < 4.78 is 0. The van der Waals surface area contributed by atoms with Gasteiger partial charge in [0.1, 0.15) is 0 Å². The predicted molar refractivity (Wildman–Crippen MR) is 72.0 cm³/mol. The van der Waals surface area contributed by atoms with Gasteiger partial charge in [0, 0.05) is 5.92 Å². The number of hydrogen-bond donors (Lipinski definition) is 1. The Morgan fingerprint density at radius 2 is 1.94 bits per heavy atom. The smallest absolute Gasteiger partial charge is 0.0789 e. The van der Waals surface area contributed by atoms with Crippen LogP contribution < -0.4 is 0 Å². The van der Waals surface area contributed by atoms with Crippen LogP contribution in [-0.2, 0) is 0 Å². The standard InChI is InChI=1S/C16H22O/c1-2-13-7-6-10-16(17)15(12-11-13)14-8-4-3-5-9-14/h3-6,8-10,13,15-17H,2,7,11-12H2,1H3. The van der Waals surface area contributed by atoms with Crippen LogP contribution in [0.5, 0.6) is 0 Å². The molecule has 1 aromatic carbocycles. The number of rotatable bonds is 2. The highest BCUT2D eigenvalue weighted by Crippen LogP contribution is 2.31. The van der Waals surface area contributed by atoms with E-state index in [4.69, 9.17) is 0 Å². The molecule has 92 valence electrons. The Morgan fingerprint density at radius 1 is 1.18 bits per heavy atom. The van der Waals surface area contributed by atoms with Gasteiger partial charge in [0.2, 0.25) is 0 Å². The topological polar surface area (TPSA) is 20.2 Å². The van der Waals surface area contributed by atoms with Gasteiger partial charge < -0.3 is 5.11 Å². The lowest BCUT2D eigenvalue weighted by molar-refractivity contribution is 0.175. The lowest BCUT2D eigenvalue weighted by Crippen LogP contribution is -2.19. The van der Waals surface area contributed by atoms with Gasteiger partial charge in [-0.2, -0.15) is 0 Å². The molecule has 17 heavy (non-hydrogen) atoms. The largest absolute Gasteiger partial charge is 0.388 e. The Morgan fingerprint density at radius 3 is 2.65 bits per heavy atom. The summed E-state index contributed by atoms with van der Waals surface area (Å²) in [6, 6.07) is 10.4. The Balaban J connectivity index is 2.15. The van der Waals surface area contributed by atoms with Crippen molar-refractivity contribution in [2.45, 2.75) is 44.6 Å². The average molecular weight is 230 g/mol. The normalized spacial score (nSPS) is 29.6. The van der Waals surface area contributed by atoms with Gasteiger partial charge in [0.05, 0.1) is 6.10 Å². The number of hydrogen-bond acceptors (Lipinski definition) is 1. The summed E-state index contributed by atoms with van der Waals surface area (Å²) in [4.78, 5) is 0. The monoisotopic (exact) mass is 230 g/mol. The Labute approximate surface area is 104 Å². The first-order chi connectivity index (χ1) is 8.31. The van der Waals surface area contributed by atoms with E-state index in [2.05, 4.69) is 37.3 Å². The molecule has 0 amide bonds. The van der Waals surface area contributed by atoms with Gasteiger partial charge in [-0.15, -0.1) is 0 Å². The van der Waals surface area contributed by atoms with Crippen LogP contribution in [-0.4, -0.2) is 11.2 Å². The zero-order chi connectivity index (χ0) is 12.1. The number of aliphatic hydroxyl groups is 1. The van der Waals surface area contributed by atoms with E-state index in [1.165, 1.54) is 18.4 Å². The van der Waals surface area contributed by atoms with Crippen LogP contribution in [0.1, 0.15) is 44.1 Å². The maximum Gasteiger partial charge on any atom is 0.0789 e. The van der Waals surface area contributed by atoms with Crippen LogP contribution >= 0.6 is 0 Å². The molecule has 1 aliphatic carbocycles. The molecule has 0 aromatic heterocycles. The molecular weight excluding hydrogens is 208 g/mol. The summed E-state index contributed by atoms with van der Waals surface area (Å²) >= 11 is 0. The molecule has 0 spiro atoms. The molecule has 0 saturated heterocycles. The maximum atomic E-state index is 10.2. The first kappa shape index (κ1) is 12.4. The molecule has 0 fully saturated rings. The third-order valence-corrected chi connectivity index (χ3v) is 3.91. The van der Waals surface area contributed by atoms with Crippen molar-refractivity contribution in [1.82, 2.24) is 0 Å². The molecule has 1 aromatic rings. The summed E-state index contributed by atoms with van der Waals surface area (Å²) in [7, 11) is 0. The zero-order valence-electron chi connectivity index (χ0n) is 10.5.